The van der Waals surface area contributed by atoms with Crippen molar-refractivity contribution in [3.8, 4) is 0 Å². The first kappa shape index (κ1) is 19.4. The number of piperidine rings is 2. The first-order valence-electron chi connectivity index (χ1n) is 10.7. The molecule has 3 fully saturated rings. The second kappa shape index (κ2) is 7.49. The van der Waals surface area contributed by atoms with Crippen LogP contribution < -0.4 is 5.32 Å². The number of rotatable bonds is 2. The minimum absolute atomic E-state index is 0.0756. The van der Waals surface area contributed by atoms with E-state index in [0.29, 0.717) is 32.0 Å². The highest BCUT2D eigenvalue weighted by Gasteiger charge is 2.48. The van der Waals surface area contributed by atoms with Crippen LogP contribution in [0.2, 0.25) is 0 Å². The van der Waals surface area contributed by atoms with Gasteiger partial charge in [0.2, 0.25) is 11.8 Å². The van der Waals surface area contributed by atoms with Crippen molar-refractivity contribution in [3.63, 3.8) is 0 Å². The Morgan fingerprint density at radius 3 is 2.54 bits per heavy atom. The largest absolute Gasteiger partial charge is 0.355 e. The molecule has 152 valence electrons. The van der Waals surface area contributed by atoms with Crippen LogP contribution in [0.15, 0.2) is 24.3 Å². The maximum absolute atomic E-state index is 13.8. The minimum Gasteiger partial charge on any atom is -0.355 e. The van der Waals surface area contributed by atoms with Crippen molar-refractivity contribution >= 4 is 11.8 Å². The van der Waals surface area contributed by atoms with E-state index in [1.807, 2.05) is 11.0 Å². The summed E-state index contributed by atoms with van der Waals surface area (Å²) in [6.07, 6.45) is 7.57. The molecule has 1 aromatic carbocycles. The number of hydrogen-bond donors (Lipinski definition) is 1. The highest BCUT2D eigenvalue weighted by Crippen LogP contribution is 2.49. The molecule has 0 aromatic heterocycles. The summed E-state index contributed by atoms with van der Waals surface area (Å²) in [6, 6.07) is 6.78. The SMILES string of the molecule is CC1(C(=O)N2CCC3(CC2)CC(=O)NCC3c2cccc(F)c2)CCCCC1. The Morgan fingerprint density at radius 2 is 1.86 bits per heavy atom. The van der Waals surface area contributed by atoms with Gasteiger partial charge in [-0.15, -0.1) is 0 Å². The zero-order valence-corrected chi connectivity index (χ0v) is 16.8. The Hall–Kier alpha value is -1.91. The number of likely N-dealkylation sites (tertiary alicyclic amines) is 1. The molecule has 4 rings (SSSR count). The van der Waals surface area contributed by atoms with E-state index in [4.69, 9.17) is 0 Å². The van der Waals surface area contributed by atoms with Gasteiger partial charge in [-0.05, 0) is 48.8 Å². The molecule has 2 saturated heterocycles. The Morgan fingerprint density at radius 1 is 1.14 bits per heavy atom. The average Bonchev–Trinajstić information content (AvgIpc) is 2.69. The van der Waals surface area contributed by atoms with Gasteiger partial charge in [-0.25, -0.2) is 4.39 Å². The fourth-order valence-corrected chi connectivity index (χ4v) is 5.74. The molecule has 3 aliphatic rings. The lowest BCUT2D eigenvalue weighted by Crippen LogP contribution is -2.54. The van der Waals surface area contributed by atoms with Crippen molar-refractivity contribution < 1.29 is 14.0 Å². The highest BCUT2D eigenvalue weighted by atomic mass is 19.1. The van der Waals surface area contributed by atoms with Crippen molar-refractivity contribution in [1.82, 2.24) is 10.2 Å². The van der Waals surface area contributed by atoms with E-state index >= 15 is 0 Å². The molecule has 28 heavy (non-hydrogen) atoms. The maximum atomic E-state index is 13.8. The number of halogens is 1. The maximum Gasteiger partial charge on any atom is 0.228 e. The van der Waals surface area contributed by atoms with Crippen molar-refractivity contribution in [2.45, 2.75) is 64.2 Å². The lowest BCUT2D eigenvalue weighted by Gasteiger charge is -2.50. The topological polar surface area (TPSA) is 49.4 Å². The van der Waals surface area contributed by atoms with Crippen LogP contribution in [0.1, 0.15) is 69.8 Å². The second-order valence-corrected chi connectivity index (χ2v) is 9.36. The summed E-state index contributed by atoms with van der Waals surface area (Å²) in [6.45, 7) is 4.08. The summed E-state index contributed by atoms with van der Waals surface area (Å²) < 4.78 is 13.8. The first-order valence-corrected chi connectivity index (χ1v) is 10.7. The summed E-state index contributed by atoms with van der Waals surface area (Å²) in [7, 11) is 0. The molecular weight excluding hydrogens is 355 g/mol. The van der Waals surface area contributed by atoms with Gasteiger partial charge in [-0.2, -0.15) is 0 Å². The Bertz CT molecular complexity index is 749. The molecule has 1 unspecified atom stereocenters. The summed E-state index contributed by atoms with van der Waals surface area (Å²) >= 11 is 0. The van der Waals surface area contributed by atoms with Crippen LogP contribution in [0.3, 0.4) is 0 Å². The predicted molar refractivity (Wildman–Crippen MR) is 106 cm³/mol. The minimum atomic E-state index is -0.234. The first-order chi connectivity index (χ1) is 13.4. The lowest BCUT2D eigenvalue weighted by atomic mass is 9.62. The molecular formula is C23H31FN2O2. The van der Waals surface area contributed by atoms with Crippen LogP contribution in [0.25, 0.3) is 0 Å². The molecule has 0 bridgehead atoms. The van der Waals surface area contributed by atoms with Gasteiger partial charge >= 0.3 is 0 Å². The summed E-state index contributed by atoms with van der Waals surface area (Å²) in [5.74, 6) is 0.238. The van der Waals surface area contributed by atoms with Crippen LogP contribution in [0.5, 0.6) is 0 Å². The molecule has 2 aliphatic heterocycles. The summed E-state index contributed by atoms with van der Waals surface area (Å²) in [4.78, 5) is 27.5. The van der Waals surface area contributed by atoms with Crippen LogP contribution in [-0.2, 0) is 9.59 Å². The molecule has 1 saturated carbocycles. The van der Waals surface area contributed by atoms with Gasteiger partial charge in [0.1, 0.15) is 5.82 Å². The molecule has 5 heteroatoms. The zero-order valence-electron chi connectivity index (χ0n) is 16.8. The Labute approximate surface area is 166 Å². The van der Waals surface area contributed by atoms with E-state index in [0.717, 1.165) is 44.1 Å². The van der Waals surface area contributed by atoms with Gasteiger partial charge in [-0.3, -0.25) is 9.59 Å². The van der Waals surface area contributed by atoms with E-state index in [-0.39, 0.29) is 28.5 Å². The van der Waals surface area contributed by atoms with E-state index < -0.39 is 0 Å². The van der Waals surface area contributed by atoms with Gasteiger partial charge in [0.25, 0.3) is 0 Å². The molecule has 1 atom stereocenters. The van der Waals surface area contributed by atoms with Crippen LogP contribution in [0.4, 0.5) is 4.39 Å². The second-order valence-electron chi connectivity index (χ2n) is 9.36. The quantitative estimate of drug-likeness (QED) is 0.835. The third-order valence-corrected chi connectivity index (χ3v) is 7.53. The number of nitrogens with zero attached hydrogens (tertiary/aromatic N) is 1. The molecule has 1 aliphatic carbocycles. The number of nitrogens with one attached hydrogen (secondary N) is 1. The molecule has 1 N–H and O–H groups in total. The molecule has 4 nitrogen and oxygen atoms in total. The summed E-state index contributed by atoms with van der Waals surface area (Å²) in [5.41, 5.74) is 0.564. The van der Waals surface area contributed by atoms with Gasteiger partial charge < -0.3 is 10.2 Å². The third kappa shape index (κ3) is 3.56. The number of carbonyl (C=O) groups excluding carboxylic acids is 2. The van der Waals surface area contributed by atoms with Gasteiger partial charge in [0.15, 0.2) is 0 Å². The normalized spacial score (nSPS) is 26.7. The molecule has 2 amide bonds. The predicted octanol–water partition coefficient (Wildman–Crippen LogP) is 4.01. The Kier molecular flexibility index (Phi) is 5.19. The average molecular weight is 387 g/mol. The smallest absolute Gasteiger partial charge is 0.228 e. The highest BCUT2D eigenvalue weighted by molar-refractivity contribution is 5.83. The number of carbonyl (C=O) groups is 2. The molecule has 1 aromatic rings. The van der Waals surface area contributed by atoms with Gasteiger partial charge in [-0.1, -0.05) is 38.3 Å². The zero-order chi connectivity index (χ0) is 19.8. The van der Waals surface area contributed by atoms with Crippen molar-refractivity contribution in [1.29, 1.82) is 0 Å². The standard InChI is InChI=1S/C23H31FN2O2/c1-22(8-3-2-4-9-22)21(28)26-12-10-23(11-13-26)15-20(27)25-16-19(23)17-6-5-7-18(24)14-17/h5-7,14,19H,2-4,8-13,15-16H2,1H3,(H,25,27). The van der Waals surface area contributed by atoms with Crippen LogP contribution in [0, 0.1) is 16.6 Å². The lowest BCUT2D eigenvalue weighted by molar-refractivity contribution is -0.146. The number of amides is 2. The molecule has 0 radical (unpaired) electrons. The van der Waals surface area contributed by atoms with E-state index in [1.54, 1.807) is 12.1 Å². The van der Waals surface area contributed by atoms with E-state index in [1.165, 1.54) is 12.5 Å². The number of benzene rings is 1. The van der Waals surface area contributed by atoms with Crippen molar-refractivity contribution in [2.24, 2.45) is 10.8 Å². The van der Waals surface area contributed by atoms with Crippen LogP contribution >= 0.6 is 0 Å². The molecule has 1 spiro atoms. The fourth-order valence-electron chi connectivity index (χ4n) is 5.74. The van der Waals surface area contributed by atoms with E-state index in [2.05, 4.69) is 12.2 Å². The molecule has 2 heterocycles. The fraction of sp³-hybridized carbons (Fsp3) is 0.652. The van der Waals surface area contributed by atoms with Crippen molar-refractivity contribution in [3.05, 3.63) is 35.6 Å². The summed E-state index contributed by atoms with van der Waals surface area (Å²) in [5, 5.41) is 2.97. The third-order valence-electron chi connectivity index (χ3n) is 7.53. The monoisotopic (exact) mass is 386 g/mol. The Balaban J connectivity index is 1.51. The van der Waals surface area contributed by atoms with Crippen LogP contribution in [-0.4, -0.2) is 36.3 Å². The van der Waals surface area contributed by atoms with Crippen molar-refractivity contribution in [2.75, 3.05) is 19.6 Å². The van der Waals surface area contributed by atoms with E-state index in [9.17, 15) is 14.0 Å². The van der Waals surface area contributed by atoms with Gasteiger partial charge in [0.05, 0.1) is 0 Å². The van der Waals surface area contributed by atoms with Gasteiger partial charge in [0, 0.05) is 37.4 Å². The number of hydrogen-bond acceptors (Lipinski definition) is 2.